The number of aryl methyl sites for hydroxylation is 1. The van der Waals surface area contributed by atoms with Gasteiger partial charge in [0.05, 0.1) is 11.4 Å². The molecule has 2 N–H and O–H groups in total. The maximum Gasteiger partial charge on any atom is 0.212 e. The quantitative estimate of drug-likeness (QED) is 0.480. The van der Waals surface area contributed by atoms with Crippen LogP contribution in [0.1, 0.15) is 5.56 Å². The number of hydrogen-bond acceptors (Lipinski definition) is 5. The number of benzene rings is 1. The van der Waals surface area contributed by atoms with Crippen molar-refractivity contribution in [2.24, 2.45) is 0 Å². The molecular weight excluding hydrogens is 332 g/mol. The zero-order valence-corrected chi connectivity index (χ0v) is 14.8. The van der Waals surface area contributed by atoms with Gasteiger partial charge in [0.25, 0.3) is 0 Å². The van der Waals surface area contributed by atoms with Crippen LogP contribution in [0.3, 0.4) is 0 Å². The van der Waals surface area contributed by atoms with Gasteiger partial charge < -0.3 is 10.6 Å². The summed E-state index contributed by atoms with van der Waals surface area (Å²) in [4.78, 5) is 20.6. The number of amides is 1. The van der Waals surface area contributed by atoms with E-state index in [0.29, 0.717) is 12.2 Å². The Morgan fingerprint density at radius 3 is 2.60 bits per heavy atom. The van der Waals surface area contributed by atoms with Crippen LogP contribution in [-0.4, -0.2) is 23.4 Å². The van der Waals surface area contributed by atoms with Crippen molar-refractivity contribution in [2.45, 2.75) is 11.8 Å². The minimum absolute atomic E-state index is 0.481. The molecule has 0 radical (unpaired) electrons. The van der Waals surface area contributed by atoms with Crippen LogP contribution in [0.5, 0.6) is 0 Å². The highest BCUT2D eigenvalue weighted by molar-refractivity contribution is 7.80. The third-order valence-corrected chi connectivity index (χ3v) is 4.33. The lowest BCUT2D eigenvalue weighted by Gasteiger charge is -2.17. The number of anilines is 2. The lowest BCUT2D eigenvalue weighted by molar-refractivity contribution is -0.105. The number of thiol groups is 1. The SMILES string of the molecule is CNc1cc(-c2ccncc2S)c(-c2ccccc2C)nc1NC=O. The standard InChI is InChI=1S/C19H18N4OS/c1-12-5-3-4-6-13(12)18-15(14-7-8-21-10-17(14)25)9-16(20-2)19(23-18)22-11-24/h3-11,20,25H,1-2H3,(H,22,23,24). The second-order valence-corrected chi connectivity index (χ2v) is 5.98. The Kier molecular flexibility index (Phi) is 5.00. The molecule has 0 saturated carbocycles. The molecular formula is C19H18N4OS. The predicted octanol–water partition coefficient (Wildman–Crippen LogP) is 4.02. The molecule has 126 valence electrons. The Morgan fingerprint density at radius 2 is 1.92 bits per heavy atom. The first-order valence-corrected chi connectivity index (χ1v) is 8.22. The number of nitrogens with zero attached hydrogens (tertiary/aromatic N) is 2. The van der Waals surface area contributed by atoms with E-state index < -0.39 is 0 Å². The Balaban J connectivity index is 2.34. The van der Waals surface area contributed by atoms with Crippen LogP contribution in [0.4, 0.5) is 11.5 Å². The van der Waals surface area contributed by atoms with Gasteiger partial charge in [-0.1, -0.05) is 24.3 Å². The Labute approximate surface area is 151 Å². The fourth-order valence-electron chi connectivity index (χ4n) is 2.73. The molecule has 5 nitrogen and oxygen atoms in total. The number of rotatable bonds is 5. The maximum atomic E-state index is 11.0. The van der Waals surface area contributed by atoms with Gasteiger partial charge in [0.1, 0.15) is 0 Å². The molecule has 0 aliphatic rings. The number of nitrogens with one attached hydrogen (secondary N) is 2. The van der Waals surface area contributed by atoms with Gasteiger partial charge in [-0.05, 0) is 24.6 Å². The molecule has 0 unspecified atom stereocenters. The molecule has 1 amide bonds. The molecule has 0 fully saturated rings. The molecule has 1 aromatic carbocycles. The van der Waals surface area contributed by atoms with Crippen molar-refractivity contribution in [3.05, 3.63) is 54.4 Å². The summed E-state index contributed by atoms with van der Waals surface area (Å²) in [5.74, 6) is 0.481. The van der Waals surface area contributed by atoms with E-state index in [9.17, 15) is 4.79 Å². The average Bonchev–Trinajstić information content (AvgIpc) is 2.63. The van der Waals surface area contributed by atoms with E-state index in [1.807, 2.05) is 43.3 Å². The number of hydrogen-bond donors (Lipinski definition) is 3. The van der Waals surface area contributed by atoms with Crippen molar-refractivity contribution in [1.29, 1.82) is 0 Å². The summed E-state index contributed by atoms with van der Waals surface area (Å²) >= 11 is 4.54. The Bertz CT molecular complexity index is 927. The van der Waals surface area contributed by atoms with Crippen molar-refractivity contribution in [1.82, 2.24) is 9.97 Å². The molecule has 6 heteroatoms. The third-order valence-electron chi connectivity index (χ3n) is 3.98. The van der Waals surface area contributed by atoms with Crippen LogP contribution in [0.15, 0.2) is 53.7 Å². The largest absolute Gasteiger partial charge is 0.385 e. The van der Waals surface area contributed by atoms with Gasteiger partial charge in [-0.15, -0.1) is 12.6 Å². The fourth-order valence-corrected chi connectivity index (χ4v) is 2.99. The normalized spacial score (nSPS) is 10.4. The van der Waals surface area contributed by atoms with Crippen LogP contribution < -0.4 is 10.6 Å². The van der Waals surface area contributed by atoms with Crippen LogP contribution in [-0.2, 0) is 4.79 Å². The minimum atomic E-state index is 0.481. The van der Waals surface area contributed by atoms with E-state index in [1.54, 1.807) is 19.4 Å². The first-order valence-electron chi connectivity index (χ1n) is 7.78. The van der Waals surface area contributed by atoms with E-state index in [2.05, 4.69) is 28.2 Å². The highest BCUT2D eigenvalue weighted by Gasteiger charge is 2.17. The van der Waals surface area contributed by atoms with Crippen molar-refractivity contribution in [3.8, 4) is 22.4 Å². The lowest BCUT2D eigenvalue weighted by atomic mass is 9.96. The molecule has 0 atom stereocenters. The molecule has 0 aliphatic heterocycles. The summed E-state index contributed by atoms with van der Waals surface area (Å²) in [6.45, 7) is 2.04. The van der Waals surface area contributed by atoms with Gasteiger partial charge in [0.2, 0.25) is 6.41 Å². The van der Waals surface area contributed by atoms with Crippen molar-refractivity contribution in [3.63, 3.8) is 0 Å². The van der Waals surface area contributed by atoms with Crippen molar-refractivity contribution >= 4 is 30.5 Å². The lowest BCUT2D eigenvalue weighted by Crippen LogP contribution is -2.05. The monoisotopic (exact) mass is 350 g/mol. The van der Waals surface area contributed by atoms with Gasteiger partial charge in [-0.3, -0.25) is 9.78 Å². The molecule has 3 aromatic rings. The predicted molar refractivity (Wildman–Crippen MR) is 104 cm³/mol. The van der Waals surface area contributed by atoms with E-state index in [4.69, 9.17) is 4.98 Å². The number of carbonyl (C=O) groups excluding carboxylic acids is 1. The van der Waals surface area contributed by atoms with Crippen LogP contribution in [0.25, 0.3) is 22.4 Å². The maximum absolute atomic E-state index is 11.0. The molecule has 0 aliphatic carbocycles. The van der Waals surface area contributed by atoms with Crippen LogP contribution in [0.2, 0.25) is 0 Å². The van der Waals surface area contributed by atoms with E-state index in [-0.39, 0.29) is 0 Å². The minimum Gasteiger partial charge on any atom is -0.385 e. The fraction of sp³-hybridized carbons (Fsp3) is 0.105. The van der Waals surface area contributed by atoms with E-state index in [1.165, 1.54) is 0 Å². The average molecular weight is 350 g/mol. The second-order valence-electron chi connectivity index (χ2n) is 5.50. The van der Waals surface area contributed by atoms with Crippen molar-refractivity contribution < 1.29 is 4.79 Å². The first-order chi connectivity index (χ1) is 12.2. The smallest absolute Gasteiger partial charge is 0.212 e. The summed E-state index contributed by atoms with van der Waals surface area (Å²) in [7, 11) is 1.79. The van der Waals surface area contributed by atoms with Gasteiger partial charge in [0.15, 0.2) is 5.82 Å². The molecule has 0 saturated heterocycles. The molecule has 25 heavy (non-hydrogen) atoms. The highest BCUT2D eigenvalue weighted by Crippen LogP contribution is 2.38. The van der Waals surface area contributed by atoms with E-state index >= 15 is 0 Å². The van der Waals surface area contributed by atoms with Crippen molar-refractivity contribution in [2.75, 3.05) is 17.7 Å². The number of pyridine rings is 2. The summed E-state index contributed by atoms with van der Waals surface area (Å²) < 4.78 is 0. The van der Waals surface area contributed by atoms with Gasteiger partial charge in [-0.2, -0.15) is 0 Å². The summed E-state index contributed by atoms with van der Waals surface area (Å²) in [5.41, 5.74) is 5.45. The highest BCUT2D eigenvalue weighted by atomic mass is 32.1. The van der Waals surface area contributed by atoms with E-state index in [0.717, 1.165) is 38.5 Å². The molecule has 2 heterocycles. The zero-order chi connectivity index (χ0) is 17.8. The zero-order valence-electron chi connectivity index (χ0n) is 13.9. The van der Waals surface area contributed by atoms with Gasteiger partial charge >= 0.3 is 0 Å². The Morgan fingerprint density at radius 1 is 1.12 bits per heavy atom. The molecule has 0 bridgehead atoms. The van der Waals surface area contributed by atoms with Crippen LogP contribution in [0, 0.1) is 6.92 Å². The molecule has 3 rings (SSSR count). The molecule has 0 spiro atoms. The third kappa shape index (κ3) is 3.34. The summed E-state index contributed by atoms with van der Waals surface area (Å²) in [6.07, 6.45) is 4.06. The first kappa shape index (κ1) is 17.0. The molecule has 2 aromatic heterocycles. The van der Waals surface area contributed by atoms with Gasteiger partial charge in [0, 0.05) is 41.0 Å². The Hall–Kier alpha value is -2.86. The topological polar surface area (TPSA) is 66.9 Å². The summed E-state index contributed by atoms with van der Waals surface area (Å²) in [6, 6.07) is 11.9. The van der Waals surface area contributed by atoms with Gasteiger partial charge in [-0.25, -0.2) is 4.98 Å². The number of aromatic nitrogens is 2. The van der Waals surface area contributed by atoms with Crippen LogP contribution >= 0.6 is 12.6 Å². The summed E-state index contributed by atoms with van der Waals surface area (Å²) in [5, 5.41) is 5.74. The number of carbonyl (C=O) groups is 1. The second kappa shape index (κ2) is 7.36.